The summed E-state index contributed by atoms with van der Waals surface area (Å²) in [6.07, 6.45) is 0.363. The minimum absolute atomic E-state index is 0.00948. The van der Waals surface area contributed by atoms with E-state index in [9.17, 15) is 4.39 Å². The van der Waals surface area contributed by atoms with Gasteiger partial charge in [-0.15, -0.1) is 0 Å². The zero-order valence-corrected chi connectivity index (χ0v) is 10.6. The molecule has 5 heteroatoms. The standard InChI is InChI=1S/C12H15ClFN3/c1-8(2)17(5-3-4-15)12-7-10(14)9(13)6-11(12)16/h6-8H,3,5,16H2,1-2H3. The predicted molar refractivity (Wildman–Crippen MR) is 68.5 cm³/mol. The van der Waals surface area contributed by atoms with Crippen LogP contribution >= 0.6 is 11.6 Å². The molecule has 0 radical (unpaired) electrons. The predicted octanol–water partition coefficient (Wildman–Crippen LogP) is 3.19. The van der Waals surface area contributed by atoms with Crippen molar-refractivity contribution in [1.82, 2.24) is 0 Å². The van der Waals surface area contributed by atoms with E-state index in [0.717, 1.165) is 0 Å². The van der Waals surface area contributed by atoms with Crippen molar-refractivity contribution in [3.05, 3.63) is 23.0 Å². The Bertz CT molecular complexity index is 440. The van der Waals surface area contributed by atoms with Crippen molar-refractivity contribution in [3.63, 3.8) is 0 Å². The van der Waals surface area contributed by atoms with Gasteiger partial charge in [-0.1, -0.05) is 11.6 Å². The SMILES string of the molecule is CC(C)N(CCC#N)c1cc(F)c(Cl)cc1N. The van der Waals surface area contributed by atoms with Gasteiger partial charge in [-0.25, -0.2) is 4.39 Å². The van der Waals surface area contributed by atoms with E-state index in [1.165, 1.54) is 12.1 Å². The van der Waals surface area contributed by atoms with E-state index < -0.39 is 5.82 Å². The first kappa shape index (κ1) is 13.6. The number of nitrogens with two attached hydrogens (primary N) is 1. The van der Waals surface area contributed by atoms with Gasteiger partial charge in [-0.3, -0.25) is 0 Å². The largest absolute Gasteiger partial charge is 0.397 e. The Labute approximate surface area is 106 Å². The fraction of sp³-hybridized carbons (Fsp3) is 0.417. The van der Waals surface area contributed by atoms with Crippen LogP contribution < -0.4 is 10.6 Å². The van der Waals surface area contributed by atoms with Gasteiger partial charge < -0.3 is 10.6 Å². The number of hydrogen-bond donors (Lipinski definition) is 1. The van der Waals surface area contributed by atoms with Gasteiger partial charge in [-0.2, -0.15) is 5.26 Å². The molecular weight excluding hydrogens is 241 g/mol. The summed E-state index contributed by atoms with van der Waals surface area (Å²) in [7, 11) is 0. The maximum atomic E-state index is 13.4. The highest BCUT2D eigenvalue weighted by molar-refractivity contribution is 6.31. The van der Waals surface area contributed by atoms with E-state index in [4.69, 9.17) is 22.6 Å². The van der Waals surface area contributed by atoms with Gasteiger partial charge in [-0.05, 0) is 19.9 Å². The highest BCUT2D eigenvalue weighted by Gasteiger charge is 2.15. The van der Waals surface area contributed by atoms with E-state index in [1.807, 2.05) is 18.7 Å². The number of anilines is 2. The molecular formula is C12H15ClFN3. The monoisotopic (exact) mass is 255 g/mol. The minimum Gasteiger partial charge on any atom is -0.397 e. The zero-order chi connectivity index (χ0) is 13.0. The topological polar surface area (TPSA) is 53.0 Å². The van der Waals surface area contributed by atoms with Crippen LogP contribution in [-0.4, -0.2) is 12.6 Å². The number of halogens is 2. The number of hydrogen-bond acceptors (Lipinski definition) is 3. The highest BCUT2D eigenvalue weighted by atomic mass is 35.5. The second kappa shape index (κ2) is 5.74. The van der Waals surface area contributed by atoms with Gasteiger partial charge >= 0.3 is 0 Å². The summed E-state index contributed by atoms with van der Waals surface area (Å²) in [6, 6.07) is 4.91. The summed E-state index contributed by atoms with van der Waals surface area (Å²) in [6.45, 7) is 4.44. The maximum Gasteiger partial charge on any atom is 0.144 e. The van der Waals surface area contributed by atoms with Crippen LogP contribution in [0.25, 0.3) is 0 Å². The Kier molecular flexibility index (Phi) is 4.59. The highest BCUT2D eigenvalue weighted by Crippen LogP contribution is 2.30. The van der Waals surface area contributed by atoms with E-state index in [2.05, 4.69) is 6.07 Å². The molecule has 0 saturated carbocycles. The number of nitrogens with zero attached hydrogens (tertiary/aromatic N) is 2. The molecule has 1 aromatic rings. The van der Waals surface area contributed by atoms with Crippen LogP contribution in [0.5, 0.6) is 0 Å². The van der Waals surface area contributed by atoms with E-state index in [1.54, 1.807) is 0 Å². The molecule has 0 fully saturated rings. The molecule has 0 bridgehead atoms. The first-order chi connectivity index (χ1) is 7.97. The van der Waals surface area contributed by atoms with Gasteiger partial charge in [0.15, 0.2) is 0 Å². The Balaban J connectivity index is 3.10. The molecule has 0 heterocycles. The fourth-order valence-electron chi connectivity index (χ4n) is 1.63. The molecule has 0 unspecified atom stereocenters. The third-order valence-electron chi connectivity index (χ3n) is 2.47. The quantitative estimate of drug-likeness (QED) is 0.841. The van der Waals surface area contributed by atoms with Crippen molar-refractivity contribution in [2.24, 2.45) is 0 Å². The normalized spacial score (nSPS) is 10.4. The van der Waals surface area contributed by atoms with Crippen LogP contribution in [-0.2, 0) is 0 Å². The molecule has 0 aliphatic heterocycles. The molecule has 1 aromatic carbocycles. The summed E-state index contributed by atoms with van der Waals surface area (Å²) >= 11 is 5.65. The van der Waals surface area contributed by atoms with Crippen molar-refractivity contribution in [3.8, 4) is 6.07 Å². The number of rotatable bonds is 4. The zero-order valence-electron chi connectivity index (χ0n) is 9.87. The number of nitriles is 1. The van der Waals surface area contributed by atoms with Crippen molar-refractivity contribution >= 4 is 23.0 Å². The average Bonchev–Trinajstić information content (AvgIpc) is 2.25. The molecule has 0 aromatic heterocycles. The Morgan fingerprint density at radius 2 is 2.18 bits per heavy atom. The lowest BCUT2D eigenvalue weighted by atomic mass is 10.2. The fourth-order valence-corrected chi connectivity index (χ4v) is 1.80. The molecule has 0 atom stereocenters. The smallest absolute Gasteiger partial charge is 0.144 e. The van der Waals surface area contributed by atoms with Crippen LogP contribution in [0.15, 0.2) is 12.1 Å². The van der Waals surface area contributed by atoms with Crippen LogP contribution in [0.4, 0.5) is 15.8 Å². The number of nitrogen functional groups attached to an aromatic ring is 1. The molecule has 2 N–H and O–H groups in total. The van der Waals surface area contributed by atoms with Gasteiger partial charge in [0.1, 0.15) is 5.82 Å². The van der Waals surface area contributed by atoms with Crippen LogP contribution in [0.1, 0.15) is 20.3 Å². The average molecular weight is 256 g/mol. The molecule has 92 valence electrons. The second-order valence-electron chi connectivity index (χ2n) is 4.02. The van der Waals surface area contributed by atoms with Crippen LogP contribution in [0.2, 0.25) is 5.02 Å². The third-order valence-corrected chi connectivity index (χ3v) is 2.76. The molecule has 0 spiro atoms. The van der Waals surface area contributed by atoms with Crippen molar-refractivity contribution in [2.75, 3.05) is 17.2 Å². The van der Waals surface area contributed by atoms with Gasteiger partial charge in [0.25, 0.3) is 0 Å². The summed E-state index contributed by atoms with van der Waals surface area (Å²) in [5.41, 5.74) is 6.83. The molecule has 3 nitrogen and oxygen atoms in total. The Morgan fingerprint density at radius 3 is 2.71 bits per heavy atom. The lowest BCUT2D eigenvalue weighted by Crippen LogP contribution is -2.32. The van der Waals surface area contributed by atoms with E-state index in [-0.39, 0.29) is 11.1 Å². The maximum absolute atomic E-state index is 13.4. The van der Waals surface area contributed by atoms with E-state index >= 15 is 0 Å². The molecule has 17 heavy (non-hydrogen) atoms. The lowest BCUT2D eigenvalue weighted by molar-refractivity contribution is 0.623. The Hall–Kier alpha value is -1.47. The summed E-state index contributed by atoms with van der Waals surface area (Å²) in [5.74, 6) is -0.501. The van der Waals surface area contributed by atoms with Crippen LogP contribution in [0.3, 0.4) is 0 Å². The van der Waals surface area contributed by atoms with Crippen molar-refractivity contribution in [2.45, 2.75) is 26.3 Å². The summed E-state index contributed by atoms with van der Waals surface area (Å²) < 4.78 is 13.4. The first-order valence-electron chi connectivity index (χ1n) is 5.35. The summed E-state index contributed by atoms with van der Waals surface area (Å²) in [5, 5.41) is 8.62. The second-order valence-corrected chi connectivity index (χ2v) is 4.43. The van der Waals surface area contributed by atoms with Gasteiger partial charge in [0, 0.05) is 18.7 Å². The molecule has 0 saturated heterocycles. The molecule has 1 rings (SSSR count). The minimum atomic E-state index is -0.501. The van der Waals surface area contributed by atoms with Crippen molar-refractivity contribution in [1.29, 1.82) is 5.26 Å². The molecule has 0 amide bonds. The molecule has 0 aliphatic carbocycles. The van der Waals surface area contributed by atoms with Crippen LogP contribution in [0, 0.1) is 17.1 Å². The Morgan fingerprint density at radius 1 is 1.53 bits per heavy atom. The summed E-state index contributed by atoms with van der Waals surface area (Å²) in [4.78, 5) is 1.89. The van der Waals surface area contributed by atoms with Gasteiger partial charge in [0.05, 0.1) is 28.9 Å². The lowest BCUT2D eigenvalue weighted by Gasteiger charge is -2.29. The first-order valence-corrected chi connectivity index (χ1v) is 5.73. The van der Waals surface area contributed by atoms with E-state index in [0.29, 0.717) is 24.3 Å². The van der Waals surface area contributed by atoms with Crippen molar-refractivity contribution < 1.29 is 4.39 Å². The number of benzene rings is 1. The third kappa shape index (κ3) is 3.24. The van der Waals surface area contributed by atoms with Gasteiger partial charge in [0.2, 0.25) is 0 Å². The molecule has 0 aliphatic rings.